The summed E-state index contributed by atoms with van der Waals surface area (Å²) in [6, 6.07) is 9.70. The number of rotatable bonds is 7. The Kier molecular flexibility index (Phi) is 6.28. The molecular weight excluding hydrogens is 206 g/mol. The molecule has 0 radical (unpaired) electrons. The highest BCUT2D eigenvalue weighted by Gasteiger charge is 2.09. The number of nitrogens with one attached hydrogen (secondary N) is 1. The highest BCUT2D eigenvalue weighted by molar-refractivity contribution is 5.25. The molecule has 1 nitrogen and oxygen atoms in total. The Bertz CT molecular complexity index is 302. The predicted octanol–water partition coefficient (Wildman–Crippen LogP) is 4.13. The van der Waals surface area contributed by atoms with E-state index >= 15 is 0 Å². The van der Waals surface area contributed by atoms with Crippen LogP contribution in [0, 0.1) is 0 Å². The average molecular weight is 233 g/mol. The first-order valence-corrected chi connectivity index (χ1v) is 6.99. The Balaban J connectivity index is 2.47. The van der Waals surface area contributed by atoms with Crippen molar-refractivity contribution >= 4 is 0 Å². The van der Waals surface area contributed by atoms with E-state index in [0.717, 1.165) is 13.0 Å². The van der Waals surface area contributed by atoms with Gasteiger partial charge in [0.2, 0.25) is 0 Å². The standard InChI is InChI=1S/C16H27N/c1-5-11-17-14(4)12-13(3)16-9-7-15(6-2)8-10-16/h7-10,13-14,17H,5-6,11-12H2,1-4H3. The van der Waals surface area contributed by atoms with Gasteiger partial charge in [-0.1, -0.05) is 45.0 Å². The molecule has 0 fully saturated rings. The molecule has 1 N–H and O–H groups in total. The molecule has 1 rings (SSSR count). The van der Waals surface area contributed by atoms with Crippen LogP contribution in [-0.2, 0) is 6.42 Å². The van der Waals surface area contributed by atoms with E-state index in [4.69, 9.17) is 0 Å². The van der Waals surface area contributed by atoms with Crippen molar-refractivity contribution in [2.24, 2.45) is 0 Å². The molecule has 1 aromatic carbocycles. The molecule has 0 bridgehead atoms. The van der Waals surface area contributed by atoms with Gasteiger partial charge in [-0.2, -0.15) is 0 Å². The van der Waals surface area contributed by atoms with Crippen LogP contribution >= 0.6 is 0 Å². The van der Waals surface area contributed by atoms with E-state index in [1.807, 2.05) is 0 Å². The molecule has 2 atom stereocenters. The predicted molar refractivity (Wildman–Crippen MR) is 76.6 cm³/mol. The largest absolute Gasteiger partial charge is 0.314 e. The van der Waals surface area contributed by atoms with Gasteiger partial charge in [0.05, 0.1) is 0 Å². The minimum atomic E-state index is 0.607. The van der Waals surface area contributed by atoms with Gasteiger partial charge >= 0.3 is 0 Å². The zero-order chi connectivity index (χ0) is 12.7. The van der Waals surface area contributed by atoms with Crippen molar-refractivity contribution in [3.05, 3.63) is 35.4 Å². The third-order valence-corrected chi connectivity index (χ3v) is 3.41. The minimum absolute atomic E-state index is 0.607. The second-order valence-electron chi connectivity index (χ2n) is 5.09. The van der Waals surface area contributed by atoms with Gasteiger partial charge in [0.1, 0.15) is 0 Å². The SMILES string of the molecule is CCCNC(C)CC(C)c1ccc(CC)cc1. The zero-order valence-electron chi connectivity index (χ0n) is 11.8. The maximum absolute atomic E-state index is 3.56. The van der Waals surface area contributed by atoms with Crippen LogP contribution in [0.25, 0.3) is 0 Å². The minimum Gasteiger partial charge on any atom is -0.314 e. The number of aryl methyl sites for hydroxylation is 1. The fourth-order valence-corrected chi connectivity index (χ4v) is 2.22. The summed E-state index contributed by atoms with van der Waals surface area (Å²) in [6.07, 6.45) is 3.55. The fourth-order valence-electron chi connectivity index (χ4n) is 2.22. The molecule has 0 saturated heterocycles. The molecule has 0 heterocycles. The van der Waals surface area contributed by atoms with Crippen molar-refractivity contribution in [3.63, 3.8) is 0 Å². The summed E-state index contributed by atoms with van der Waals surface area (Å²) in [7, 11) is 0. The molecule has 0 aromatic heterocycles. The van der Waals surface area contributed by atoms with Crippen molar-refractivity contribution in [1.29, 1.82) is 0 Å². The molecule has 1 aromatic rings. The van der Waals surface area contributed by atoms with Gasteiger partial charge < -0.3 is 5.32 Å². The molecular formula is C16H27N. The second-order valence-corrected chi connectivity index (χ2v) is 5.09. The number of hydrogen-bond acceptors (Lipinski definition) is 1. The Morgan fingerprint density at radius 2 is 1.71 bits per heavy atom. The van der Waals surface area contributed by atoms with Gasteiger partial charge in [0, 0.05) is 6.04 Å². The summed E-state index contributed by atoms with van der Waals surface area (Å²) in [5.41, 5.74) is 2.89. The van der Waals surface area contributed by atoms with E-state index < -0.39 is 0 Å². The first-order valence-electron chi connectivity index (χ1n) is 6.99. The Morgan fingerprint density at radius 3 is 2.24 bits per heavy atom. The zero-order valence-corrected chi connectivity index (χ0v) is 11.8. The molecule has 0 amide bonds. The third kappa shape index (κ3) is 4.91. The van der Waals surface area contributed by atoms with Crippen LogP contribution in [-0.4, -0.2) is 12.6 Å². The topological polar surface area (TPSA) is 12.0 Å². The summed E-state index contributed by atoms with van der Waals surface area (Å²) in [5, 5.41) is 3.56. The summed E-state index contributed by atoms with van der Waals surface area (Å²) >= 11 is 0. The average Bonchev–Trinajstić information content (AvgIpc) is 2.36. The highest BCUT2D eigenvalue weighted by Crippen LogP contribution is 2.21. The first-order chi connectivity index (χ1) is 8.17. The molecule has 0 aliphatic rings. The Hall–Kier alpha value is -0.820. The van der Waals surface area contributed by atoms with Gasteiger partial charge in [-0.15, -0.1) is 0 Å². The van der Waals surface area contributed by atoms with Gasteiger partial charge in [0.15, 0.2) is 0 Å². The summed E-state index contributed by atoms with van der Waals surface area (Å²) in [4.78, 5) is 0. The quantitative estimate of drug-likeness (QED) is 0.746. The van der Waals surface area contributed by atoms with Crippen LogP contribution in [0.3, 0.4) is 0 Å². The van der Waals surface area contributed by atoms with Crippen LogP contribution in [0.5, 0.6) is 0 Å². The van der Waals surface area contributed by atoms with E-state index in [2.05, 4.69) is 57.3 Å². The maximum atomic E-state index is 3.56. The van der Waals surface area contributed by atoms with Crippen molar-refractivity contribution in [2.45, 2.75) is 58.9 Å². The van der Waals surface area contributed by atoms with Crippen LogP contribution < -0.4 is 5.32 Å². The maximum Gasteiger partial charge on any atom is 0.00444 e. The number of benzene rings is 1. The molecule has 96 valence electrons. The van der Waals surface area contributed by atoms with Crippen LogP contribution in [0.1, 0.15) is 57.6 Å². The normalized spacial score (nSPS) is 14.6. The molecule has 17 heavy (non-hydrogen) atoms. The third-order valence-electron chi connectivity index (χ3n) is 3.41. The van der Waals surface area contributed by atoms with Gasteiger partial charge in [-0.25, -0.2) is 0 Å². The Morgan fingerprint density at radius 1 is 1.06 bits per heavy atom. The van der Waals surface area contributed by atoms with Crippen LogP contribution in [0.2, 0.25) is 0 Å². The lowest BCUT2D eigenvalue weighted by molar-refractivity contribution is 0.479. The summed E-state index contributed by atoms with van der Waals surface area (Å²) < 4.78 is 0. The molecule has 1 heteroatoms. The van der Waals surface area contributed by atoms with Crippen molar-refractivity contribution in [3.8, 4) is 0 Å². The number of hydrogen-bond donors (Lipinski definition) is 1. The fraction of sp³-hybridized carbons (Fsp3) is 0.625. The smallest absolute Gasteiger partial charge is 0.00444 e. The lowest BCUT2D eigenvalue weighted by Crippen LogP contribution is -2.27. The molecule has 0 saturated carbocycles. The van der Waals surface area contributed by atoms with Crippen molar-refractivity contribution in [2.75, 3.05) is 6.54 Å². The molecule has 0 spiro atoms. The van der Waals surface area contributed by atoms with E-state index in [0.29, 0.717) is 12.0 Å². The first kappa shape index (κ1) is 14.2. The van der Waals surface area contributed by atoms with Crippen molar-refractivity contribution in [1.82, 2.24) is 5.32 Å². The lowest BCUT2D eigenvalue weighted by Gasteiger charge is -2.19. The Labute approximate surface area is 107 Å². The van der Waals surface area contributed by atoms with Crippen LogP contribution in [0.4, 0.5) is 0 Å². The second kappa shape index (κ2) is 7.50. The van der Waals surface area contributed by atoms with Gasteiger partial charge in [0.25, 0.3) is 0 Å². The summed E-state index contributed by atoms with van der Waals surface area (Å²) in [6.45, 7) is 10.2. The van der Waals surface area contributed by atoms with Gasteiger partial charge in [-0.05, 0) is 49.8 Å². The summed E-state index contributed by atoms with van der Waals surface area (Å²) in [5.74, 6) is 0.639. The van der Waals surface area contributed by atoms with Gasteiger partial charge in [-0.3, -0.25) is 0 Å². The molecule has 0 aliphatic heterocycles. The highest BCUT2D eigenvalue weighted by atomic mass is 14.9. The van der Waals surface area contributed by atoms with E-state index in [1.165, 1.54) is 24.0 Å². The van der Waals surface area contributed by atoms with Crippen LogP contribution in [0.15, 0.2) is 24.3 Å². The monoisotopic (exact) mass is 233 g/mol. The van der Waals surface area contributed by atoms with Crippen molar-refractivity contribution < 1.29 is 0 Å². The molecule has 0 aliphatic carbocycles. The van der Waals surface area contributed by atoms with E-state index in [-0.39, 0.29) is 0 Å². The van der Waals surface area contributed by atoms with E-state index in [9.17, 15) is 0 Å². The molecule has 2 unspecified atom stereocenters. The van der Waals surface area contributed by atoms with E-state index in [1.54, 1.807) is 0 Å². The lowest BCUT2D eigenvalue weighted by atomic mass is 9.93.